The third-order valence-corrected chi connectivity index (χ3v) is 3.99. The third-order valence-electron chi connectivity index (χ3n) is 3.99. The number of methoxy groups -OCH3 is 1. The molecule has 1 aliphatic rings. The van der Waals surface area contributed by atoms with Crippen LogP contribution in [0.2, 0.25) is 0 Å². The Morgan fingerprint density at radius 3 is 2.60 bits per heavy atom. The zero-order valence-corrected chi connectivity index (χ0v) is 15.9. The van der Waals surface area contributed by atoms with Gasteiger partial charge in [-0.1, -0.05) is 12.1 Å². The van der Waals surface area contributed by atoms with Crippen LogP contribution in [0.25, 0.3) is 0 Å². The zero-order valence-electron chi connectivity index (χ0n) is 15.9. The van der Waals surface area contributed by atoms with E-state index < -0.39 is 5.60 Å². The van der Waals surface area contributed by atoms with Crippen molar-refractivity contribution in [1.29, 1.82) is 0 Å². The lowest BCUT2D eigenvalue weighted by atomic mass is 10.1. The molecule has 0 saturated carbocycles. The molecule has 1 aromatic carbocycles. The van der Waals surface area contributed by atoms with Crippen LogP contribution in [-0.2, 0) is 16.0 Å². The Balaban J connectivity index is 1.93. The predicted octanol–water partition coefficient (Wildman–Crippen LogP) is 2.76. The first kappa shape index (κ1) is 19.5. The van der Waals surface area contributed by atoms with Gasteiger partial charge in [0.05, 0.1) is 26.4 Å². The van der Waals surface area contributed by atoms with E-state index in [9.17, 15) is 4.79 Å². The second-order valence-corrected chi connectivity index (χ2v) is 7.45. The highest BCUT2D eigenvalue weighted by atomic mass is 16.6. The average Bonchev–Trinajstić information content (AvgIpc) is 2.54. The molecule has 0 spiro atoms. The van der Waals surface area contributed by atoms with Gasteiger partial charge in [-0.15, -0.1) is 0 Å². The maximum Gasteiger partial charge on any atom is 0.410 e. The van der Waals surface area contributed by atoms with E-state index in [2.05, 4.69) is 17.0 Å². The lowest BCUT2D eigenvalue weighted by molar-refractivity contribution is -0.0384. The molecule has 6 heteroatoms. The molecule has 1 fully saturated rings. The molecule has 0 aliphatic carbocycles. The van der Waals surface area contributed by atoms with Gasteiger partial charge in [0.15, 0.2) is 0 Å². The number of benzene rings is 1. The molecule has 0 bridgehead atoms. The van der Waals surface area contributed by atoms with Gasteiger partial charge < -0.3 is 14.2 Å². The van der Waals surface area contributed by atoms with E-state index in [1.807, 2.05) is 40.0 Å². The molecule has 6 nitrogen and oxygen atoms in total. The van der Waals surface area contributed by atoms with Gasteiger partial charge in [0.25, 0.3) is 0 Å². The summed E-state index contributed by atoms with van der Waals surface area (Å²) in [6.45, 7) is 8.83. The molecule has 1 amide bonds. The Labute approximate surface area is 150 Å². The number of hydrogen-bond acceptors (Lipinski definition) is 5. The van der Waals surface area contributed by atoms with Crippen molar-refractivity contribution in [3.63, 3.8) is 0 Å². The first-order valence-corrected chi connectivity index (χ1v) is 8.67. The third kappa shape index (κ3) is 6.21. The largest absolute Gasteiger partial charge is 0.497 e. The summed E-state index contributed by atoms with van der Waals surface area (Å²) in [7, 11) is 3.71. The monoisotopic (exact) mass is 350 g/mol. The van der Waals surface area contributed by atoms with E-state index in [1.165, 1.54) is 5.56 Å². The van der Waals surface area contributed by atoms with Gasteiger partial charge in [-0.2, -0.15) is 0 Å². The number of nitrogens with zero attached hydrogens (tertiary/aromatic N) is 2. The van der Waals surface area contributed by atoms with Gasteiger partial charge in [0.2, 0.25) is 0 Å². The lowest BCUT2D eigenvalue weighted by Gasteiger charge is -2.38. The SMILES string of the molecule is COc1ccc(CN(C)CC2COCCN2C(=O)OC(C)(C)C)cc1. The Kier molecular flexibility index (Phi) is 6.67. The minimum absolute atomic E-state index is 0.00755. The van der Waals surface area contributed by atoms with Crippen LogP contribution in [0.15, 0.2) is 24.3 Å². The second-order valence-electron chi connectivity index (χ2n) is 7.45. The maximum atomic E-state index is 12.5. The Morgan fingerprint density at radius 2 is 2.00 bits per heavy atom. The molecule has 25 heavy (non-hydrogen) atoms. The Morgan fingerprint density at radius 1 is 1.32 bits per heavy atom. The van der Waals surface area contributed by atoms with Crippen LogP contribution < -0.4 is 4.74 Å². The van der Waals surface area contributed by atoms with Crippen LogP contribution in [0.3, 0.4) is 0 Å². The summed E-state index contributed by atoms with van der Waals surface area (Å²) >= 11 is 0. The van der Waals surface area contributed by atoms with Gasteiger partial charge in [0, 0.05) is 19.6 Å². The van der Waals surface area contributed by atoms with Gasteiger partial charge >= 0.3 is 6.09 Å². The first-order valence-electron chi connectivity index (χ1n) is 8.67. The summed E-state index contributed by atoms with van der Waals surface area (Å²) in [6, 6.07) is 8.02. The number of morpholine rings is 1. The van der Waals surface area contributed by atoms with E-state index in [4.69, 9.17) is 14.2 Å². The van der Waals surface area contributed by atoms with Gasteiger partial charge in [0.1, 0.15) is 11.4 Å². The van der Waals surface area contributed by atoms with Crippen molar-refractivity contribution in [1.82, 2.24) is 9.80 Å². The quantitative estimate of drug-likeness (QED) is 0.817. The fourth-order valence-electron chi connectivity index (χ4n) is 2.83. The Hall–Kier alpha value is -1.79. The van der Waals surface area contributed by atoms with Crippen molar-refractivity contribution >= 4 is 6.09 Å². The summed E-state index contributed by atoms with van der Waals surface area (Å²) in [4.78, 5) is 16.4. The van der Waals surface area contributed by atoms with E-state index in [0.29, 0.717) is 19.8 Å². The molecule has 1 atom stereocenters. The number of hydrogen-bond donors (Lipinski definition) is 0. The first-order chi connectivity index (χ1) is 11.8. The fourth-order valence-corrected chi connectivity index (χ4v) is 2.83. The number of carbonyl (C=O) groups is 1. The second kappa shape index (κ2) is 8.54. The summed E-state index contributed by atoms with van der Waals surface area (Å²) in [5, 5.41) is 0. The van der Waals surface area contributed by atoms with E-state index >= 15 is 0 Å². The van der Waals surface area contributed by atoms with Crippen LogP contribution >= 0.6 is 0 Å². The smallest absolute Gasteiger partial charge is 0.410 e. The zero-order chi connectivity index (χ0) is 18.4. The minimum Gasteiger partial charge on any atom is -0.497 e. The maximum absolute atomic E-state index is 12.5. The number of likely N-dealkylation sites (N-methyl/N-ethyl adjacent to an activating group) is 1. The van der Waals surface area contributed by atoms with Crippen molar-refractivity contribution < 1.29 is 19.0 Å². The van der Waals surface area contributed by atoms with Crippen LogP contribution in [-0.4, -0.2) is 68.0 Å². The molecule has 0 aromatic heterocycles. The van der Waals surface area contributed by atoms with E-state index in [0.717, 1.165) is 18.8 Å². The minimum atomic E-state index is -0.491. The fraction of sp³-hybridized carbons (Fsp3) is 0.632. The normalized spacial score (nSPS) is 18.3. The molecule has 2 rings (SSSR count). The van der Waals surface area contributed by atoms with E-state index in [1.54, 1.807) is 12.0 Å². The summed E-state index contributed by atoms with van der Waals surface area (Å²) in [6.07, 6.45) is -0.265. The molecule has 1 unspecified atom stereocenters. The van der Waals surface area contributed by atoms with E-state index in [-0.39, 0.29) is 12.1 Å². The highest BCUT2D eigenvalue weighted by Crippen LogP contribution is 2.17. The van der Waals surface area contributed by atoms with Crippen molar-refractivity contribution in [3.05, 3.63) is 29.8 Å². The van der Waals surface area contributed by atoms with Gasteiger partial charge in [-0.05, 0) is 45.5 Å². The molecular weight excluding hydrogens is 320 g/mol. The van der Waals surface area contributed by atoms with Crippen molar-refractivity contribution in [2.45, 2.75) is 39.0 Å². The van der Waals surface area contributed by atoms with Crippen LogP contribution in [0.5, 0.6) is 5.75 Å². The molecule has 1 heterocycles. The highest BCUT2D eigenvalue weighted by Gasteiger charge is 2.31. The molecule has 1 aromatic rings. The number of amides is 1. The summed E-state index contributed by atoms with van der Waals surface area (Å²) in [5.41, 5.74) is 0.707. The summed E-state index contributed by atoms with van der Waals surface area (Å²) in [5.74, 6) is 0.850. The average molecular weight is 350 g/mol. The standard InChI is InChI=1S/C19H30N2O4/c1-19(2,3)25-18(22)21-10-11-24-14-16(21)13-20(4)12-15-6-8-17(23-5)9-7-15/h6-9,16H,10-14H2,1-5H3. The van der Waals surface area contributed by atoms with Gasteiger partial charge in [-0.3, -0.25) is 9.80 Å². The number of ether oxygens (including phenoxy) is 3. The molecule has 1 saturated heterocycles. The number of carbonyl (C=O) groups excluding carboxylic acids is 1. The Bertz CT molecular complexity index is 554. The predicted molar refractivity (Wildman–Crippen MR) is 96.9 cm³/mol. The molecule has 0 radical (unpaired) electrons. The topological polar surface area (TPSA) is 51.2 Å². The lowest BCUT2D eigenvalue weighted by Crippen LogP contribution is -2.54. The summed E-state index contributed by atoms with van der Waals surface area (Å²) < 4.78 is 16.3. The van der Waals surface area contributed by atoms with Crippen molar-refractivity contribution in [3.8, 4) is 5.75 Å². The molecule has 140 valence electrons. The van der Waals surface area contributed by atoms with Crippen LogP contribution in [0, 0.1) is 0 Å². The highest BCUT2D eigenvalue weighted by molar-refractivity contribution is 5.68. The molecule has 0 N–H and O–H groups in total. The number of rotatable bonds is 5. The van der Waals surface area contributed by atoms with Crippen LogP contribution in [0.4, 0.5) is 4.79 Å². The molecule has 1 aliphatic heterocycles. The van der Waals surface area contributed by atoms with Gasteiger partial charge in [-0.25, -0.2) is 4.79 Å². The van der Waals surface area contributed by atoms with Crippen molar-refractivity contribution in [2.75, 3.05) is 40.5 Å². The molecular formula is C19H30N2O4. The van der Waals surface area contributed by atoms with Crippen molar-refractivity contribution in [2.24, 2.45) is 0 Å². The van der Waals surface area contributed by atoms with Crippen LogP contribution in [0.1, 0.15) is 26.3 Å².